The molecule has 1 atom stereocenters. The lowest BCUT2D eigenvalue weighted by Gasteiger charge is -2.13. The molecule has 1 aromatic carbocycles. The third kappa shape index (κ3) is 5.06. The maximum Gasteiger partial charge on any atom is 0.312 e. The number of thiazole rings is 1. The first-order valence-electron chi connectivity index (χ1n) is 9.10. The molecule has 0 aliphatic carbocycles. The highest BCUT2D eigenvalue weighted by molar-refractivity contribution is 7.93. The first-order chi connectivity index (χ1) is 14.6. The summed E-state index contributed by atoms with van der Waals surface area (Å²) in [6.07, 6.45) is 1.49. The Morgan fingerprint density at radius 3 is 2.52 bits per heavy atom. The van der Waals surface area contributed by atoms with Crippen LogP contribution in [0.1, 0.15) is 18.3 Å². The van der Waals surface area contributed by atoms with Gasteiger partial charge < -0.3 is 5.32 Å². The quantitative estimate of drug-likeness (QED) is 0.384. The number of carbonyl (C=O) groups is 1. The van der Waals surface area contributed by atoms with Gasteiger partial charge in [0, 0.05) is 17.3 Å². The van der Waals surface area contributed by atoms with Crippen molar-refractivity contribution < 1.29 is 18.1 Å². The largest absolute Gasteiger partial charge is 0.326 e. The van der Waals surface area contributed by atoms with Crippen LogP contribution in [0.3, 0.4) is 0 Å². The Bertz CT molecular complexity index is 1200. The van der Waals surface area contributed by atoms with Gasteiger partial charge in [0.15, 0.2) is 5.13 Å². The highest BCUT2D eigenvalue weighted by Gasteiger charge is 2.24. The third-order valence-electron chi connectivity index (χ3n) is 4.51. The fraction of sp³-hybridized carbons (Fsp3) is 0.278. The first-order valence-corrected chi connectivity index (χ1v) is 11.5. The summed E-state index contributed by atoms with van der Waals surface area (Å²) in [6, 6.07) is 5.71. The lowest BCUT2D eigenvalue weighted by Crippen LogP contribution is -2.25. The molecule has 2 N–H and O–H groups in total. The summed E-state index contributed by atoms with van der Waals surface area (Å²) in [4.78, 5) is 27.1. The van der Waals surface area contributed by atoms with Gasteiger partial charge in [-0.15, -0.1) is 11.3 Å². The van der Waals surface area contributed by atoms with E-state index in [2.05, 4.69) is 20.1 Å². The van der Waals surface area contributed by atoms with E-state index in [1.807, 2.05) is 0 Å². The van der Waals surface area contributed by atoms with Crippen molar-refractivity contribution >= 4 is 43.8 Å². The number of sulfonamides is 1. The van der Waals surface area contributed by atoms with Gasteiger partial charge in [-0.25, -0.2) is 13.4 Å². The summed E-state index contributed by atoms with van der Waals surface area (Å²) in [5.74, 6) is -0.862. The van der Waals surface area contributed by atoms with Crippen LogP contribution in [0.15, 0.2) is 40.7 Å². The SMILES string of the molecule is Cc1nn(CC(C)C(=O)Nc2ccc(S(=O)(=O)Nc3nccs3)cc2)c(C)c1[N+](=O)[O-]. The molecule has 2 heterocycles. The van der Waals surface area contributed by atoms with Crippen molar-refractivity contribution in [2.24, 2.45) is 5.92 Å². The van der Waals surface area contributed by atoms with E-state index >= 15 is 0 Å². The van der Waals surface area contributed by atoms with Crippen LogP contribution >= 0.6 is 11.3 Å². The van der Waals surface area contributed by atoms with Crippen LogP contribution in [0.2, 0.25) is 0 Å². The number of hydrogen-bond donors (Lipinski definition) is 2. The fourth-order valence-electron chi connectivity index (χ4n) is 2.90. The van der Waals surface area contributed by atoms with E-state index in [0.29, 0.717) is 17.1 Å². The number of nitro groups is 1. The highest BCUT2D eigenvalue weighted by Crippen LogP contribution is 2.23. The van der Waals surface area contributed by atoms with E-state index in [0.717, 1.165) is 11.3 Å². The number of benzene rings is 1. The van der Waals surface area contributed by atoms with Gasteiger partial charge in [0.1, 0.15) is 11.4 Å². The Labute approximate surface area is 182 Å². The summed E-state index contributed by atoms with van der Waals surface area (Å²) >= 11 is 1.16. The Morgan fingerprint density at radius 1 is 1.29 bits per heavy atom. The van der Waals surface area contributed by atoms with E-state index in [4.69, 9.17) is 0 Å². The normalized spacial score (nSPS) is 12.4. The molecule has 0 aliphatic heterocycles. The zero-order valence-corrected chi connectivity index (χ0v) is 18.5. The van der Waals surface area contributed by atoms with Crippen LogP contribution in [-0.2, 0) is 21.4 Å². The van der Waals surface area contributed by atoms with Crippen molar-refractivity contribution in [3.8, 4) is 0 Å². The minimum absolute atomic E-state index is 0.0312. The maximum absolute atomic E-state index is 12.5. The monoisotopic (exact) mass is 464 g/mol. The van der Waals surface area contributed by atoms with Gasteiger partial charge in [0.05, 0.1) is 22.3 Å². The molecule has 3 rings (SSSR count). The number of anilines is 2. The molecule has 13 heteroatoms. The number of aryl methyl sites for hydroxylation is 1. The molecule has 0 fully saturated rings. The highest BCUT2D eigenvalue weighted by atomic mass is 32.2. The summed E-state index contributed by atoms with van der Waals surface area (Å²) < 4.78 is 28.5. The zero-order chi connectivity index (χ0) is 22.8. The summed E-state index contributed by atoms with van der Waals surface area (Å²) in [5, 5.41) is 19.9. The van der Waals surface area contributed by atoms with E-state index in [-0.39, 0.29) is 28.2 Å². The number of carbonyl (C=O) groups excluding carboxylic acids is 1. The third-order valence-corrected chi connectivity index (χ3v) is 6.68. The van der Waals surface area contributed by atoms with Crippen molar-refractivity contribution in [1.29, 1.82) is 0 Å². The number of nitrogens with one attached hydrogen (secondary N) is 2. The van der Waals surface area contributed by atoms with Gasteiger partial charge in [-0.05, 0) is 38.1 Å². The Balaban J connectivity index is 1.65. The lowest BCUT2D eigenvalue weighted by molar-refractivity contribution is -0.386. The molecule has 3 aromatic rings. The molecule has 0 saturated heterocycles. The van der Waals surface area contributed by atoms with Crippen molar-refractivity contribution in [3.63, 3.8) is 0 Å². The molecule has 1 amide bonds. The van der Waals surface area contributed by atoms with Crippen molar-refractivity contribution in [3.05, 3.63) is 57.3 Å². The molecule has 1 unspecified atom stereocenters. The Kier molecular flexibility index (Phi) is 6.36. The van der Waals surface area contributed by atoms with Crippen molar-refractivity contribution in [2.75, 3.05) is 10.0 Å². The Morgan fingerprint density at radius 2 is 1.97 bits per heavy atom. The molecule has 0 spiro atoms. The standard InChI is InChI=1S/C18H20N6O5S2/c1-11(10-23-13(3)16(24(26)27)12(2)21-23)17(25)20-14-4-6-15(7-5-14)31(28,29)22-18-19-8-9-30-18/h4-9,11H,10H2,1-3H3,(H,19,22)(H,20,25). The molecular weight excluding hydrogens is 444 g/mol. The molecule has 0 radical (unpaired) electrons. The summed E-state index contributed by atoms with van der Waals surface area (Å²) in [6.45, 7) is 4.97. The molecule has 164 valence electrons. The molecule has 0 saturated carbocycles. The van der Waals surface area contributed by atoms with Crippen LogP contribution in [0.5, 0.6) is 0 Å². The van der Waals surface area contributed by atoms with Gasteiger partial charge in [0.2, 0.25) is 5.91 Å². The predicted molar refractivity (Wildman–Crippen MR) is 116 cm³/mol. The lowest BCUT2D eigenvalue weighted by atomic mass is 10.1. The van der Waals surface area contributed by atoms with Crippen LogP contribution in [-0.4, -0.2) is 34.0 Å². The van der Waals surface area contributed by atoms with Gasteiger partial charge in [-0.3, -0.25) is 24.3 Å². The Hall–Kier alpha value is -3.32. The molecular formula is C18H20N6O5S2. The fourth-order valence-corrected chi connectivity index (χ4v) is 4.69. The minimum Gasteiger partial charge on any atom is -0.326 e. The second kappa shape index (κ2) is 8.81. The van der Waals surface area contributed by atoms with Gasteiger partial charge in [0.25, 0.3) is 10.0 Å². The summed E-state index contributed by atoms with van der Waals surface area (Å²) in [5.41, 5.74) is 1.03. The average molecular weight is 465 g/mol. The second-order valence-corrected chi connectivity index (χ2v) is 9.39. The van der Waals surface area contributed by atoms with E-state index in [9.17, 15) is 23.3 Å². The predicted octanol–water partition coefficient (Wildman–Crippen LogP) is 2.94. The van der Waals surface area contributed by atoms with Crippen molar-refractivity contribution in [1.82, 2.24) is 14.8 Å². The van der Waals surface area contributed by atoms with Gasteiger partial charge >= 0.3 is 5.69 Å². The molecule has 0 aliphatic rings. The van der Waals surface area contributed by atoms with Crippen LogP contribution < -0.4 is 10.0 Å². The van der Waals surface area contributed by atoms with E-state index < -0.39 is 20.9 Å². The molecule has 0 bridgehead atoms. The van der Waals surface area contributed by atoms with E-state index in [1.165, 1.54) is 35.1 Å². The number of hydrogen-bond acceptors (Lipinski definition) is 8. The molecule has 11 nitrogen and oxygen atoms in total. The van der Waals surface area contributed by atoms with Gasteiger partial charge in [-0.2, -0.15) is 5.10 Å². The van der Waals surface area contributed by atoms with Crippen LogP contribution in [0, 0.1) is 29.9 Å². The topological polar surface area (TPSA) is 149 Å². The smallest absolute Gasteiger partial charge is 0.312 e. The maximum atomic E-state index is 12.5. The van der Waals surface area contributed by atoms with Crippen LogP contribution in [0.4, 0.5) is 16.5 Å². The van der Waals surface area contributed by atoms with Crippen molar-refractivity contribution in [2.45, 2.75) is 32.2 Å². The second-order valence-electron chi connectivity index (χ2n) is 6.82. The zero-order valence-electron chi connectivity index (χ0n) is 16.9. The van der Waals surface area contributed by atoms with Crippen LogP contribution in [0.25, 0.3) is 0 Å². The van der Waals surface area contributed by atoms with Gasteiger partial charge in [-0.1, -0.05) is 6.92 Å². The first kappa shape index (κ1) is 22.4. The number of rotatable bonds is 8. The minimum atomic E-state index is -3.78. The number of aromatic nitrogens is 3. The number of amides is 1. The molecule has 2 aromatic heterocycles. The number of nitrogens with zero attached hydrogens (tertiary/aromatic N) is 4. The molecule has 31 heavy (non-hydrogen) atoms. The summed E-state index contributed by atoms with van der Waals surface area (Å²) in [7, 11) is -3.78. The average Bonchev–Trinajstić information content (AvgIpc) is 3.29. The van der Waals surface area contributed by atoms with E-state index in [1.54, 1.807) is 26.2 Å².